The Morgan fingerprint density at radius 2 is 0.929 bits per heavy atom. The molecule has 0 saturated carbocycles. The molecule has 0 aromatic heterocycles. The Morgan fingerprint density at radius 1 is 0.619 bits per heavy atom. The third-order valence-electron chi connectivity index (χ3n) is 8.73. The molecular formula is C35H71NO5S. The quantitative estimate of drug-likeness (QED) is 0.0473. The molecule has 0 rings (SSSR count). The lowest BCUT2D eigenvalue weighted by molar-refractivity contribution is -0.146. The van der Waals surface area contributed by atoms with E-state index in [0.717, 1.165) is 25.7 Å². The number of hydrogen-bond acceptors (Lipinski definition) is 5. The van der Waals surface area contributed by atoms with Crippen molar-refractivity contribution in [3.05, 3.63) is 0 Å². The van der Waals surface area contributed by atoms with E-state index >= 15 is 0 Å². The maximum atomic E-state index is 11.7. The van der Waals surface area contributed by atoms with Gasteiger partial charge in [0.05, 0.1) is 0 Å². The molecule has 0 amide bonds. The number of hydrogen-bond donors (Lipinski definition) is 1. The van der Waals surface area contributed by atoms with Crippen LogP contribution < -0.4 is 0 Å². The van der Waals surface area contributed by atoms with Crippen LogP contribution in [-0.2, 0) is 19.6 Å². The molecule has 0 spiro atoms. The number of ether oxygens (including phenoxy) is 1. The molecule has 252 valence electrons. The first-order valence-corrected chi connectivity index (χ1v) is 19.6. The van der Waals surface area contributed by atoms with Crippen molar-refractivity contribution >= 4 is 16.1 Å². The van der Waals surface area contributed by atoms with Crippen LogP contribution in [0.3, 0.4) is 0 Å². The summed E-state index contributed by atoms with van der Waals surface area (Å²) in [5, 5.41) is 0. The van der Waals surface area contributed by atoms with Gasteiger partial charge in [-0.25, -0.2) is 0 Å². The van der Waals surface area contributed by atoms with Gasteiger partial charge >= 0.3 is 5.97 Å². The molecule has 3 unspecified atom stereocenters. The monoisotopic (exact) mass is 618 g/mol. The molecule has 6 nitrogen and oxygen atoms in total. The van der Waals surface area contributed by atoms with Gasteiger partial charge in [0.25, 0.3) is 10.1 Å². The van der Waals surface area contributed by atoms with E-state index in [-0.39, 0.29) is 12.1 Å². The second kappa shape index (κ2) is 27.9. The summed E-state index contributed by atoms with van der Waals surface area (Å²) in [6, 6.07) is 0.511. The van der Waals surface area contributed by atoms with Gasteiger partial charge in [0.1, 0.15) is 11.9 Å². The van der Waals surface area contributed by atoms with Crippen LogP contribution in [0.4, 0.5) is 0 Å². The third-order valence-corrected chi connectivity index (χ3v) is 9.52. The average Bonchev–Trinajstić information content (AvgIpc) is 2.91. The van der Waals surface area contributed by atoms with E-state index in [4.69, 9.17) is 4.74 Å². The Bertz CT molecular complexity index is 682. The minimum absolute atomic E-state index is 0.255. The molecule has 1 N–H and O–H groups in total. The molecule has 0 fully saturated rings. The van der Waals surface area contributed by atoms with Crippen LogP contribution in [0.2, 0.25) is 0 Å². The average molecular weight is 618 g/mol. The molecular weight excluding hydrogens is 546 g/mol. The Kier molecular flexibility index (Phi) is 27.4. The highest BCUT2D eigenvalue weighted by Gasteiger charge is 2.28. The van der Waals surface area contributed by atoms with Gasteiger partial charge in [-0.1, -0.05) is 155 Å². The smallest absolute Gasteiger partial charge is 0.302 e. The van der Waals surface area contributed by atoms with Crippen LogP contribution in [0, 0.1) is 0 Å². The molecule has 3 atom stereocenters. The first-order chi connectivity index (χ1) is 20.1. The van der Waals surface area contributed by atoms with Crippen LogP contribution in [0.5, 0.6) is 0 Å². The van der Waals surface area contributed by atoms with Crippen molar-refractivity contribution in [2.75, 3.05) is 12.3 Å². The fourth-order valence-corrected chi connectivity index (χ4v) is 6.81. The molecule has 7 heteroatoms. The van der Waals surface area contributed by atoms with E-state index in [2.05, 4.69) is 32.6 Å². The lowest BCUT2D eigenvalue weighted by atomic mass is 10.0. The van der Waals surface area contributed by atoms with E-state index in [1.807, 2.05) is 0 Å². The molecule has 0 aliphatic carbocycles. The highest BCUT2D eigenvalue weighted by atomic mass is 32.2. The molecule has 42 heavy (non-hydrogen) atoms. The molecule has 0 bridgehead atoms. The predicted molar refractivity (Wildman–Crippen MR) is 180 cm³/mol. The molecule has 0 radical (unpaired) electrons. The van der Waals surface area contributed by atoms with Crippen LogP contribution in [0.1, 0.15) is 189 Å². The zero-order chi connectivity index (χ0) is 31.5. The molecule has 0 aliphatic heterocycles. The number of unbranched alkanes of at least 4 members (excludes halogenated alkanes) is 20. The summed E-state index contributed by atoms with van der Waals surface area (Å²) < 4.78 is 38.2. The fourth-order valence-electron chi connectivity index (χ4n) is 6.16. The van der Waals surface area contributed by atoms with Crippen LogP contribution >= 0.6 is 0 Å². The number of carbonyl (C=O) groups is 1. The third kappa shape index (κ3) is 26.9. The zero-order valence-corrected chi connectivity index (χ0v) is 29.4. The van der Waals surface area contributed by atoms with Crippen LogP contribution in [0.15, 0.2) is 0 Å². The summed E-state index contributed by atoms with van der Waals surface area (Å²) in [6.07, 6.45) is 30.1. The molecule has 0 heterocycles. The second-order valence-electron chi connectivity index (χ2n) is 13.0. The van der Waals surface area contributed by atoms with Crippen LogP contribution in [-0.4, -0.2) is 54.3 Å². The van der Waals surface area contributed by atoms with Crippen molar-refractivity contribution in [3.8, 4) is 0 Å². The van der Waals surface area contributed by atoms with E-state index in [1.54, 1.807) is 0 Å². The number of esters is 1. The van der Waals surface area contributed by atoms with Crippen molar-refractivity contribution in [1.29, 1.82) is 0 Å². The van der Waals surface area contributed by atoms with Gasteiger partial charge in [-0.15, -0.1) is 0 Å². The van der Waals surface area contributed by atoms with Gasteiger partial charge in [0.2, 0.25) is 0 Å². The summed E-state index contributed by atoms with van der Waals surface area (Å²) in [6.45, 7) is 10.6. The number of carbonyl (C=O) groups excluding carboxylic acids is 1. The molecule has 0 saturated heterocycles. The summed E-state index contributed by atoms with van der Waals surface area (Å²) in [5.41, 5.74) is 0. The second-order valence-corrected chi connectivity index (χ2v) is 14.5. The van der Waals surface area contributed by atoms with E-state index in [9.17, 15) is 17.8 Å². The van der Waals surface area contributed by atoms with Crippen LogP contribution in [0.25, 0.3) is 0 Å². The maximum absolute atomic E-state index is 11.7. The van der Waals surface area contributed by atoms with Crippen molar-refractivity contribution in [1.82, 2.24) is 4.90 Å². The SMILES string of the molecule is CCCCCCCCCCCCCC(C)N(CC(CS(=O)(=O)O)OC(C)=O)C(C)CCCCCCCCCCCCC. The van der Waals surface area contributed by atoms with E-state index in [0.29, 0.717) is 6.54 Å². The Labute approximate surface area is 262 Å². The molecule has 0 aromatic carbocycles. The van der Waals surface area contributed by atoms with Crippen molar-refractivity contribution in [2.45, 2.75) is 207 Å². The van der Waals surface area contributed by atoms with Gasteiger partial charge in [-0.3, -0.25) is 14.2 Å². The van der Waals surface area contributed by atoms with Gasteiger partial charge in [0, 0.05) is 25.6 Å². The zero-order valence-electron chi connectivity index (χ0n) is 28.6. The van der Waals surface area contributed by atoms with Gasteiger partial charge in [-0.2, -0.15) is 8.42 Å². The minimum atomic E-state index is -4.25. The summed E-state index contributed by atoms with van der Waals surface area (Å²) in [4.78, 5) is 14.0. The van der Waals surface area contributed by atoms with Gasteiger partial charge < -0.3 is 4.74 Å². The minimum Gasteiger partial charge on any atom is -0.460 e. The highest BCUT2D eigenvalue weighted by Crippen LogP contribution is 2.21. The summed E-state index contributed by atoms with van der Waals surface area (Å²) in [5.74, 6) is -1.07. The lowest BCUT2D eigenvalue weighted by Crippen LogP contribution is -2.47. The van der Waals surface area contributed by atoms with E-state index < -0.39 is 27.9 Å². The topological polar surface area (TPSA) is 83.9 Å². The number of nitrogens with zero attached hydrogens (tertiary/aromatic N) is 1. The van der Waals surface area contributed by atoms with Crippen molar-refractivity contribution in [2.24, 2.45) is 0 Å². The first-order valence-electron chi connectivity index (χ1n) is 18.0. The fraction of sp³-hybridized carbons (Fsp3) is 0.971. The largest absolute Gasteiger partial charge is 0.460 e. The molecule has 0 aliphatic rings. The Morgan fingerprint density at radius 3 is 1.21 bits per heavy atom. The maximum Gasteiger partial charge on any atom is 0.302 e. The molecule has 0 aromatic rings. The number of rotatable bonds is 31. The summed E-state index contributed by atoms with van der Waals surface area (Å²) >= 11 is 0. The Hall–Kier alpha value is -0.660. The van der Waals surface area contributed by atoms with Gasteiger partial charge in [0.15, 0.2) is 0 Å². The van der Waals surface area contributed by atoms with Gasteiger partial charge in [-0.05, 0) is 26.7 Å². The van der Waals surface area contributed by atoms with E-state index in [1.165, 1.54) is 135 Å². The predicted octanol–water partition coefficient (Wildman–Crippen LogP) is 10.3. The van der Waals surface area contributed by atoms with Crippen molar-refractivity contribution in [3.63, 3.8) is 0 Å². The lowest BCUT2D eigenvalue weighted by Gasteiger charge is -2.37. The first kappa shape index (κ1) is 41.3. The Balaban J connectivity index is 4.64. The normalized spacial score (nSPS) is 14.3. The van der Waals surface area contributed by atoms with Crippen molar-refractivity contribution < 1.29 is 22.5 Å². The highest BCUT2D eigenvalue weighted by molar-refractivity contribution is 7.85. The summed E-state index contributed by atoms with van der Waals surface area (Å²) in [7, 11) is -4.25. The standard InChI is InChI=1S/C35H71NO5S/c1-6-8-10-12-14-16-18-20-22-24-26-28-32(3)36(30-35(41-34(5)37)31-42(38,39)40)33(4)29-27-25-23-21-19-17-15-13-11-9-7-2/h32-33,35H,6-31H2,1-5H3,(H,38,39,40).